The van der Waals surface area contributed by atoms with Gasteiger partial charge in [-0.25, -0.2) is 26.3 Å². The van der Waals surface area contributed by atoms with Gasteiger partial charge in [0.25, 0.3) is 0 Å². The summed E-state index contributed by atoms with van der Waals surface area (Å²) in [4.78, 5) is 10.2. The van der Waals surface area contributed by atoms with Crippen molar-refractivity contribution >= 4 is 67.4 Å². The molecule has 5 aromatic rings. The Bertz CT molecular complexity index is 1580. The third-order valence-electron chi connectivity index (χ3n) is 6.44. The molecule has 0 fully saturated rings. The van der Waals surface area contributed by atoms with E-state index in [1.165, 1.54) is 15.9 Å². The molecule has 0 saturated heterocycles. The van der Waals surface area contributed by atoms with Crippen LogP contribution < -0.4 is 28.3 Å². The van der Waals surface area contributed by atoms with Crippen LogP contribution in [0.2, 0.25) is 0 Å². The Morgan fingerprint density at radius 3 is 1.20 bits per heavy atom. The molecule has 0 spiro atoms. The van der Waals surface area contributed by atoms with E-state index in [-0.39, 0.29) is 33.2 Å². The fourth-order valence-corrected chi connectivity index (χ4v) is 8.29. The molecule has 0 radical (unpaired) electrons. The lowest BCUT2D eigenvalue weighted by molar-refractivity contribution is -0.0000180. The van der Waals surface area contributed by atoms with Crippen LogP contribution in [0.1, 0.15) is 15.9 Å². The summed E-state index contributed by atoms with van der Waals surface area (Å²) in [6, 6.07) is 34.2. The fraction of sp³-hybridized carbons (Fsp3) is 0.0294. The van der Waals surface area contributed by atoms with Crippen molar-refractivity contribution in [3.63, 3.8) is 0 Å². The smallest absolute Gasteiger partial charge is 0.195 e. The van der Waals surface area contributed by atoms with Crippen LogP contribution in [0, 0.1) is 34.9 Å². The molecule has 0 N–H and O–H groups in total. The van der Waals surface area contributed by atoms with Gasteiger partial charge in [0.05, 0.1) is 12.2 Å². The summed E-state index contributed by atoms with van der Waals surface area (Å²) < 4.78 is 75.3. The number of carbonyl (C=O) groups excluding carboxylic acids is 1. The van der Waals surface area contributed by atoms with E-state index in [1.54, 1.807) is 0 Å². The Balaban J connectivity index is 0.000000246. The van der Waals surface area contributed by atoms with E-state index >= 15 is 0 Å². The van der Waals surface area contributed by atoms with Gasteiger partial charge in [0.15, 0.2) is 41.2 Å². The topological polar surface area (TPSA) is 17.1 Å². The van der Waals surface area contributed by atoms with Crippen LogP contribution >= 0.6 is 39.1 Å². The van der Waals surface area contributed by atoms with Crippen molar-refractivity contribution in [2.24, 2.45) is 0 Å². The van der Waals surface area contributed by atoms with Gasteiger partial charge in [0, 0.05) is 14.5 Å². The summed E-state index contributed by atoms with van der Waals surface area (Å²) in [6.45, 7) is 5.67. The minimum absolute atomic E-state index is 0. The van der Waals surface area contributed by atoms with Gasteiger partial charge in [0.2, 0.25) is 0 Å². The summed E-state index contributed by atoms with van der Waals surface area (Å²) in [6.07, 6.45) is 1.23. The number of carbonyl (C=O) groups is 1. The lowest BCUT2D eigenvalue weighted by Crippen LogP contribution is -3.00. The number of hydrogen-bond acceptors (Lipinski definition) is 1. The van der Waals surface area contributed by atoms with Gasteiger partial charge in [-0.05, 0) is 80.4 Å². The minimum Gasteiger partial charge on any atom is -1.00 e. The molecule has 0 aliphatic carbocycles. The molecule has 234 valence electrons. The predicted octanol–water partition coefficient (Wildman–Crippen LogP) is 6.80. The second-order valence-electron chi connectivity index (χ2n) is 9.10. The highest BCUT2D eigenvalue weighted by atomic mass is 79.9. The fourth-order valence-electron chi connectivity index (χ4n) is 4.08. The highest BCUT2D eigenvalue weighted by molar-refractivity contribution is 9.10. The van der Waals surface area contributed by atoms with Crippen LogP contribution in [0.5, 0.6) is 0 Å². The van der Waals surface area contributed by atoms with E-state index in [0.29, 0.717) is 6.07 Å². The Labute approximate surface area is 281 Å². The number of rotatable bonds is 5. The Morgan fingerprint density at radius 1 is 0.578 bits per heavy atom. The summed E-state index contributed by atoms with van der Waals surface area (Å²) in [5, 5.41) is 4.28. The Hall–Kier alpha value is -3.23. The van der Waals surface area contributed by atoms with Crippen LogP contribution in [0.4, 0.5) is 26.3 Å². The summed E-state index contributed by atoms with van der Waals surface area (Å²) in [5.41, 5.74) is -0.595. The first-order valence-corrected chi connectivity index (χ1v) is 16.6. The van der Waals surface area contributed by atoms with Gasteiger partial charge in [-0.15, -0.1) is 0 Å². The maximum Gasteiger partial charge on any atom is 0.195 e. The van der Waals surface area contributed by atoms with Crippen LogP contribution in [-0.2, 0) is 0 Å². The zero-order chi connectivity index (χ0) is 32.4. The average molecular weight is 789 g/mol. The van der Waals surface area contributed by atoms with Crippen molar-refractivity contribution in [3.05, 3.63) is 165 Å². The quantitative estimate of drug-likeness (QED) is 0.0630. The van der Waals surface area contributed by atoms with E-state index in [9.17, 15) is 31.1 Å². The van der Waals surface area contributed by atoms with Gasteiger partial charge in [-0.1, -0.05) is 67.3 Å². The molecular weight excluding hydrogens is 765 g/mol. The van der Waals surface area contributed by atoms with Crippen molar-refractivity contribution in [2.75, 3.05) is 6.66 Å². The van der Waals surface area contributed by atoms with Gasteiger partial charge in [-0.2, -0.15) is 0 Å². The van der Waals surface area contributed by atoms with Crippen LogP contribution in [-0.4, -0.2) is 13.0 Å². The summed E-state index contributed by atoms with van der Waals surface area (Å²) in [7, 11) is -1.53. The van der Waals surface area contributed by atoms with E-state index in [2.05, 4.69) is 136 Å². The maximum absolute atomic E-state index is 12.8. The third kappa shape index (κ3) is 8.95. The molecule has 45 heavy (non-hydrogen) atoms. The number of aldehydes is 1. The zero-order valence-electron chi connectivity index (χ0n) is 23.4. The molecule has 0 atom stereocenters. The van der Waals surface area contributed by atoms with Crippen LogP contribution in [0.15, 0.2) is 119 Å². The number of hydrogen-bond donors (Lipinski definition) is 0. The van der Waals surface area contributed by atoms with E-state index in [0.717, 1.165) is 12.1 Å². The zero-order valence-corrected chi connectivity index (χ0v) is 28.3. The second kappa shape index (κ2) is 17.5. The number of halogens is 9. The largest absolute Gasteiger partial charge is 1.00 e. The standard InChI is InChI=1S/C19H18P.C8H4BrF3.C7H2BrF3O.ClH/c1-20(17-11-5-2-6-12-17,18-13-7-3-8-14-18)19-15-9-4-10-16-19;1-2-4-5(9)3-6(10)8(12)7(4)11;8-4-1-5(9)7(11)6(10)3(4)2-12;/h2-16H,1H3;2-3H,1H2;1-2H;1H/q+1;;;/p-1. The van der Waals surface area contributed by atoms with E-state index in [4.69, 9.17) is 0 Å². The highest BCUT2D eigenvalue weighted by Crippen LogP contribution is 2.51. The first kappa shape index (κ1) is 38.0. The molecule has 11 heteroatoms. The monoisotopic (exact) mass is 786 g/mol. The molecule has 0 saturated carbocycles. The van der Waals surface area contributed by atoms with Gasteiger partial charge >= 0.3 is 0 Å². The molecule has 5 rings (SSSR count). The SMILES string of the molecule is C=Cc1c(Br)cc(F)c(F)c1F.C[P+](c1ccccc1)(c1ccccc1)c1ccccc1.O=Cc1c(Br)cc(F)c(F)c1F.[Cl-]. The van der Waals surface area contributed by atoms with Crippen molar-refractivity contribution in [1.29, 1.82) is 0 Å². The molecule has 0 aliphatic heterocycles. The molecular formula is C34H24Br2ClF6OP. The summed E-state index contributed by atoms with van der Waals surface area (Å²) in [5.74, 6) is -8.36. The Morgan fingerprint density at radius 2 is 0.889 bits per heavy atom. The van der Waals surface area contributed by atoms with Crippen molar-refractivity contribution in [2.45, 2.75) is 0 Å². The third-order valence-corrected chi connectivity index (χ3v) is 11.7. The van der Waals surface area contributed by atoms with Crippen molar-refractivity contribution < 1.29 is 43.5 Å². The minimum atomic E-state index is -1.64. The maximum atomic E-state index is 12.8. The molecule has 1 nitrogen and oxygen atoms in total. The van der Waals surface area contributed by atoms with E-state index < -0.39 is 47.7 Å². The molecule has 0 unspecified atom stereocenters. The first-order chi connectivity index (χ1) is 21.0. The van der Waals surface area contributed by atoms with Crippen LogP contribution in [0.3, 0.4) is 0 Å². The molecule has 0 amide bonds. The second-order valence-corrected chi connectivity index (χ2v) is 14.4. The van der Waals surface area contributed by atoms with Crippen LogP contribution in [0.25, 0.3) is 6.08 Å². The molecule has 5 aromatic carbocycles. The first-order valence-electron chi connectivity index (χ1n) is 12.7. The lowest BCUT2D eigenvalue weighted by Gasteiger charge is -2.22. The number of benzene rings is 5. The summed E-state index contributed by atoms with van der Waals surface area (Å²) >= 11 is 5.59. The molecule has 0 aliphatic rings. The molecule has 0 bridgehead atoms. The molecule has 0 aromatic heterocycles. The normalized spacial score (nSPS) is 10.3. The molecule has 0 heterocycles. The highest BCUT2D eigenvalue weighted by Gasteiger charge is 2.39. The van der Waals surface area contributed by atoms with Gasteiger partial charge in [-0.3, -0.25) is 4.79 Å². The van der Waals surface area contributed by atoms with Crippen molar-refractivity contribution in [1.82, 2.24) is 0 Å². The van der Waals surface area contributed by atoms with E-state index in [1.807, 2.05) is 0 Å². The average Bonchev–Trinajstić information content (AvgIpc) is 3.04. The predicted molar refractivity (Wildman–Crippen MR) is 175 cm³/mol. The van der Waals surface area contributed by atoms with Gasteiger partial charge < -0.3 is 12.4 Å². The van der Waals surface area contributed by atoms with Gasteiger partial charge in [0.1, 0.15) is 23.2 Å². The van der Waals surface area contributed by atoms with Crippen molar-refractivity contribution in [3.8, 4) is 0 Å². The Kier molecular flexibility index (Phi) is 14.7. The lowest BCUT2D eigenvalue weighted by atomic mass is 10.2.